The standard InChI is InChI=1S/C20H37N5O.HI/c1-5-21-20(22-12-9-14-25-13-7-6-10-17(25)2)23-16-18(24(3)4)19-11-8-15-26-19;/h8,11,15,17-18H,5-7,9-10,12-14,16H2,1-4H3,(H2,21,22,23);1H. The molecule has 1 aromatic heterocycles. The first-order valence-corrected chi connectivity index (χ1v) is 10.1. The predicted molar refractivity (Wildman–Crippen MR) is 124 cm³/mol. The fraction of sp³-hybridized carbons (Fsp3) is 0.750. The van der Waals surface area contributed by atoms with Crippen LogP contribution in [0.15, 0.2) is 27.8 Å². The molecule has 0 radical (unpaired) electrons. The molecule has 2 unspecified atom stereocenters. The quantitative estimate of drug-likeness (QED) is 0.240. The van der Waals surface area contributed by atoms with Gasteiger partial charge in [-0.2, -0.15) is 0 Å². The molecule has 0 saturated carbocycles. The molecule has 1 aliphatic rings. The van der Waals surface area contributed by atoms with Crippen LogP contribution in [0.4, 0.5) is 0 Å². The number of aliphatic imine (C=N–C) groups is 1. The zero-order valence-electron chi connectivity index (χ0n) is 17.4. The lowest BCUT2D eigenvalue weighted by molar-refractivity contribution is 0.159. The maximum absolute atomic E-state index is 5.57. The average Bonchev–Trinajstić information content (AvgIpc) is 3.14. The van der Waals surface area contributed by atoms with E-state index in [0.29, 0.717) is 6.54 Å². The molecule has 1 aliphatic heterocycles. The SMILES string of the molecule is CCNC(=NCC(c1ccco1)N(C)C)NCCCN1CCCCC1C.I. The van der Waals surface area contributed by atoms with Gasteiger partial charge >= 0.3 is 0 Å². The Morgan fingerprint density at radius 1 is 1.37 bits per heavy atom. The second kappa shape index (κ2) is 13.4. The van der Waals surface area contributed by atoms with Gasteiger partial charge in [-0.05, 0) is 65.9 Å². The molecule has 1 aromatic rings. The van der Waals surface area contributed by atoms with Crippen molar-refractivity contribution in [1.82, 2.24) is 20.4 Å². The van der Waals surface area contributed by atoms with E-state index >= 15 is 0 Å². The summed E-state index contributed by atoms with van der Waals surface area (Å²) in [6.07, 6.45) is 6.94. The summed E-state index contributed by atoms with van der Waals surface area (Å²) in [4.78, 5) is 9.53. The van der Waals surface area contributed by atoms with E-state index in [4.69, 9.17) is 9.41 Å². The van der Waals surface area contributed by atoms with Crippen LogP contribution in [0.1, 0.15) is 51.3 Å². The van der Waals surface area contributed by atoms with Crippen molar-refractivity contribution in [1.29, 1.82) is 0 Å². The molecule has 0 spiro atoms. The number of hydrogen-bond donors (Lipinski definition) is 2. The van der Waals surface area contributed by atoms with E-state index in [1.165, 1.54) is 32.4 Å². The Morgan fingerprint density at radius 3 is 2.81 bits per heavy atom. The largest absolute Gasteiger partial charge is 0.468 e. The van der Waals surface area contributed by atoms with E-state index in [0.717, 1.165) is 37.3 Å². The second-order valence-corrected chi connectivity index (χ2v) is 7.38. The molecule has 0 amide bonds. The third kappa shape index (κ3) is 8.39. The first-order chi connectivity index (χ1) is 12.6. The summed E-state index contributed by atoms with van der Waals surface area (Å²) in [5.74, 6) is 1.84. The fourth-order valence-electron chi connectivity index (χ4n) is 3.49. The Bertz CT molecular complexity index is 520. The lowest BCUT2D eigenvalue weighted by Crippen LogP contribution is -2.41. The van der Waals surface area contributed by atoms with Crippen LogP contribution in [0, 0.1) is 0 Å². The van der Waals surface area contributed by atoms with Gasteiger partial charge < -0.3 is 20.0 Å². The number of nitrogens with one attached hydrogen (secondary N) is 2. The lowest BCUT2D eigenvalue weighted by atomic mass is 10.0. The van der Waals surface area contributed by atoms with Gasteiger partial charge in [0.1, 0.15) is 5.76 Å². The summed E-state index contributed by atoms with van der Waals surface area (Å²) < 4.78 is 5.57. The van der Waals surface area contributed by atoms with Crippen molar-refractivity contribution in [2.24, 2.45) is 4.99 Å². The van der Waals surface area contributed by atoms with Crippen LogP contribution in [0.3, 0.4) is 0 Å². The van der Waals surface area contributed by atoms with Gasteiger partial charge in [-0.1, -0.05) is 6.42 Å². The summed E-state index contributed by atoms with van der Waals surface area (Å²) in [6, 6.07) is 4.83. The number of halogens is 1. The Labute approximate surface area is 182 Å². The van der Waals surface area contributed by atoms with Crippen LogP contribution in [0.5, 0.6) is 0 Å². The van der Waals surface area contributed by atoms with Gasteiger partial charge in [0.25, 0.3) is 0 Å². The van der Waals surface area contributed by atoms with Crippen molar-refractivity contribution in [3.05, 3.63) is 24.2 Å². The maximum Gasteiger partial charge on any atom is 0.191 e. The molecule has 0 bridgehead atoms. The molecule has 1 fully saturated rings. The third-order valence-corrected chi connectivity index (χ3v) is 5.12. The Morgan fingerprint density at radius 2 is 2.19 bits per heavy atom. The highest BCUT2D eigenvalue weighted by Gasteiger charge is 2.18. The topological polar surface area (TPSA) is 56.0 Å². The molecule has 6 nitrogen and oxygen atoms in total. The minimum absolute atomic E-state index is 0. The second-order valence-electron chi connectivity index (χ2n) is 7.38. The van der Waals surface area contributed by atoms with Gasteiger partial charge in [0.05, 0.1) is 18.8 Å². The number of hydrogen-bond acceptors (Lipinski definition) is 4. The smallest absolute Gasteiger partial charge is 0.191 e. The molecule has 1 saturated heterocycles. The van der Waals surface area contributed by atoms with Crippen molar-refractivity contribution >= 4 is 29.9 Å². The molecule has 2 N–H and O–H groups in total. The maximum atomic E-state index is 5.57. The first-order valence-electron chi connectivity index (χ1n) is 10.1. The fourth-order valence-corrected chi connectivity index (χ4v) is 3.49. The summed E-state index contributed by atoms with van der Waals surface area (Å²) in [5, 5.41) is 6.82. The van der Waals surface area contributed by atoms with Crippen molar-refractivity contribution in [2.75, 3.05) is 46.8 Å². The van der Waals surface area contributed by atoms with Gasteiger partial charge in [0.15, 0.2) is 5.96 Å². The van der Waals surface area contributed by atoms with E-state index in [9.17, 15) is 0 Å². The molecule has 156 valence electrons. The Kier molecular flexibility index (Phi) is 12.0. The van der Waals surface area contributed by atoms with E-state index in [1.807, 2.05) is 12.1 Å². The molecular weight excluding hydrogens is 453 g/mol. The number of piperidine rings is 1. The van der Waals surface area contributed by atoms with Crippen molar-refractivity contribution in [3.8, 4) is 0 Å². The highest BCUT2D eigenvalue weighted by atomic mass is 127. The van der Waals surface area contributed by atoms with Gasteiger partial charge in [-0.15, -0.1) is 24.0 Å². The molecular formula is C20H38IN5O. The molecule has 2 heterocycles. The van der Waals surface area contributed by atoms with Crippen LogP contribution < -0.4 is 10.6 Å². The van der Waals surface area contributed by atoms with Crippen LogP contribution >= 0.6 is 24.0 Å². The number of likely N-dealkylation sites (tertiary alicyclic amines) is 1. The van der Waals surface area contributed by atoms with E-state index in [2.05, 4.69) is 48.4 Å². The van der Waals surface area contributed by atoms with Crippen LogP contribution in [0.2, 0.25) is 0 Å². The highest BCUT2D eigenvalue weighted by molar-refractivity contribution is 14.0. The van der Waals surface area contributed by atoms with Crippen LogP contribution in [-0.4, -0.2) is 68.6 Å². The van der Waals surface area contributed by atoms with Crippen molar-refractivity contribution in [3.63, 3.8) is 0 Å². The van der Waals surface area contributed by atoms with E-state index < -0.39 is 0 Å². The van der Waals surface area contributed by atoms with E-state index in [-0.39, 0.29) is 30.0 Å². The molecule has 0 aliphatic carbocycles. The molecule has 2 rings (SSSR count). The lowest BCUT2D eigenvalue weighted by Gasteiger charge is -2.33. The van der Waals surface area contributed by atoms with E-state index in [1.54, 1.807) is 6.26 Å². The summed E-state index contributed by atoms with van der Waals surface area (Å²) in [7, 11) is 4.12. The number of guanidine groups is 1. The van der Waals surface area contributed by atoms with Crippen LogP contribution in [0.25, 0.3) is 0 Å². The third-order valence-electron chi connectivity index (χ3n) is 5.12. The summed E-state index contributed by atoms with van der Waals surface area (Å²) >= 11 is 0. The highest BCUT2D eigenvalue weighted by Crippen LogP contribution is 2.19. The minimum atomic E-state index is 0. The van der Waals surface area contributed by atoms with Crippen molar-refractivity contribution < 1.29 is 4.42 Å². The zero-order valence-corrected chi connectivity index (χ0v) is 19.7. The first kappa shape index (κ1) is 24.2. The monoisotopic (exact) mass is 491 g/mol. The molecule has 27 heavy (non-hydrogen) atoms. The zero-order chi connectivity index (χ0) is 18.8. The molecule has 2 atom stereocenters. The number of rotatable bonds is 9. The Hall–Kier alpha value is -0.800. The van der Waals surface area contributed by atoms with Gasteiger partial charge in [0, 0.05) is 25.7 Å². The summed E-state index contributed by atoms with van der Waals surface area (Å²) in [5.41, 5.74) is 0. The number of nitrogens with zero attached hydrogens (tertiary/aromatic N) is 3. The normalized spacial score (nSPS) is 19.6. The number of likely N-dealkylation sites (N-methyl/N-ethyl adjacent to an activating group) is 1. The Balaban J connectivity index is 0.00000364. The minimum Gasteiger partial charge on any atom is -0.468 e. The average molecular weight is 491 g/mol. The van der Waals surface area contributed by atoms with Crippen molar-refractivity contribution in [2.45, 2.75) is 51.6 Å². The van der Waals surface area contributed by atoms with Gasteiger partial charge in [-0.3, -0.25) is 9.89 Å². The summed E-state index contributed by atoms with van der Waals surface area (Å²) in [6.45, 7) is 9.35. The predicted octanol–water partition coefficient (Wildman–Crippen LogP) is 3.32. The number of furan rings is 1. The van der Waals surface area contributed by atoms with Gasteiger partial charge in [-0.25, -0.2) is 0 Å². The molecule has 0 aromatic carbocycles. The van der Waals surface area contributed by atoms with Gasteiger partial charge in [0.2, 0.25) is 0 Å². The molecule has 7 heteroatoms. The van der Waals surface area contributed by atoms with Crippen LogP contribution in [-0.2, 0) is 0 Å².